The summed E-state index contributed by atoms with van der Waals surface area (Å²) in [5, 5.41) is 0. The highest BCUT2D eigenvalue weighted by molar-refractivity contribution is 6.68. The van der Waals surface area contributed by atoms with E-state index in [1.807, 2.05) is 0 Å². The molecule has 1 heterocycles. The fourth-order valence-electron chi connectivity index (χ4n) is 2.62. The van der Waals surface area contributed by atoms with Gasteiger partial charge < -0.3 is 0 Å². The second-order valence-corrected chi connectivity index (χ2v) is 8.20. The van der Waals surface area contributed by atoms with Crippen molar-refractivity contribution in [2.24, 2.45) is 4.99 Å². The lowest BCUT2D eigenvalue weighted by atomic mass is 10.3. The van der Waals surface area contributed by atoms with Crippen LogP contribution in [0, 0.1) is 5.82 Å². The number of likely N-dealkylation sites (N-methyl/N-ethyl adjacent to an activating group) is 1. The fourth-order valence-corrected chi connectivity index (χ4v) is 3.18. The molecule has 10 heteroatoms. The molecule has 1 saturated heterocycles. The summed E-state index contributed by atoms with van der Waals surface area (Å²) in [7, 11) is 1.26. The number of amides is 3. The van der Waals surface area contributed by atoms with Crippen molar-refractivity contribution in [3.05, 3.63) is 55.4 Å². The molecule has 0 aliphatic carbocycles. The van der Waals surface area contributed by atoms with Crippen LogP contribution in [-0.2, 0) is 4.79 Å². The Labute approximate surface area is 177 Å². The van der Waals surface area contributed by atoms with E-state index < -0.39 is 27.7 Å². The van der Waals surface area contributed by atoms with Crippen molar-refractivity contribution in [1.29, 1.82) is 0 Å². The van der Waals surface area contributed by atoms with Gasteiger partial charge in [-0.15, -0.1) is 13.2 Å². The van der Waals surface area contributed by atoms with Crippen LogP contribution in [0.15, 0.2) is 54.6 Å². The minimum Gasteiger partial charge on any atom is -0.271 e. The Balaban J connectivity index is 2.62. The van der Waals surface area contributed by atoms with E-state index in [4.69, 9.17) is 34.8 Å². The van der Waals surface area contributed by atoms with Crippen molar-refractivity contribution in [3.63, 3.8) is 0 Å². The summed E-state index contributed by atoms with van der Waals surface area (Å²) in [6.45, 7) is 7.82. The molecule has 0 radical (unpaired) electrons. The van der Waals surface area contributed by atoms with Crippen molar-refractivity contribution in [1.82, 2.24) is 9.80 Å². The summed E-state index contributed by atoms with van der Waals surface area (Å²) in [6, 6.07) is 4.74. The van der Waals surface area contributed by atoms with Crippen LogP contribution in [0.25, 0.3) is 0 Å². The maximum atomic E-state index is 14.3. The summed E-state index contributed by atoms with van der Waals surface area (Å²) in [5.41, 5.74) is -0.133. The fraction of sp³-hybridized carbons (Fsp3) is 0.278. The van der Waals surface area contributed by atoms with Gasteiger partial charge in [-0.25, -0.2) is 19.1 Å². The van der Waals surface area contributed by atoms with E-state index in [0.717, 1.165) is 15.9 Å². The van der Waals surface area contributed by atoms with Crippen molar-refractivity contribution in [2.45, 2.75) is 9.96 Å². The normalized spacial score (nSPS) is 17.6. The topological polar surface area (TPSA) is 56.2 Å². The molecule has 1 aromatic rings. The Morgan fingerprint density at radius 3 is 2.29 bits per heavy atom. The third-order valence-electron chi connectivity index (χ3n) is 3.89. The number of hydrogen-bond donors (Lipinski definition) is 0. The molecular formula is C18H18Cl3FN4O2. The second-order valence-electron chi connectivity index (χ2n) is 5.83. The number of halogens is 4. The molecule has 3 amide bonds. The monoisotopic (exact) mass is 446 g/mol. The summed E-state index contributed by atoms with van der Waals surface area (Å²) in [5.74, 6) is -1.80. The number of urea groups is 1. The molecule has 1 atom stereocenters. The van der Waals surface area contributed by atoms with Gasteiger partial charge in [0, 0.05) is 20.1 Å². The molecule has 2 rings (SSSR count). The second kappa shape index (κ2) is 9.05. The van der Waals surface area contributed by atoms with E-state index in [9.17, 15) is 14.0 Å². The lowest BCUT2D eigenvalue weighted by molar-refractivity contribution is -0.119. The van der Waals surface area contributed by atoms with Crippen LogP contribution in [0.3, 0.4) is 0 Å². The number of nitrogens with zero attached hydrogens (tertiary/aromatic N) is 4. The molecule has 0 saturated carbocycles. The SMILES string of the molecule is C=CCN(CC=C)C(/N=C1\C(=O)N(C)C(=O)N1c1ccccc1F)C(Cl)(Cl)Cl. The first kappa shape index (κ1) is 22.4. The molecule has 1 aliphatic rings. The zero-order chi connectivity index (χ0) is 21.1. The number of hydrogen-bond acceptors (Lipinski definition) is 4. The highest BCUT2D eigenvalue weighted by Gasteiger charge is 2.45. The number of anilines is 1. The lowest BCUT2D eigenvalue weighted by Gasteiger charge is -2.32. The molecule has 1 aromatic carbocycles. The molecule has 150 valence electrons. The van der Waals surface area contributed by atoms with Crippen LogP contribution in [0.5, 0.6) is 0 Å². The summed E-state index contributed by atoms with van der Waals surface area (Å²) < 4.78 is 12.4. The molecule has 0 bridgehead atoms. The van der Waals surface area contributed by atoms with E-state index in [1.54, 1.807) is 17.1 Å². The average molecular weight is 448 g/mol. The number of alkyl halides is 3. The maximum Gasteiger partial charge on any atom is 0.337 e. The van der Waals surface area contributed by atoms with Crippen LogP contribution >= 0.6 is 34.8 Å². The van der Waals surface area contributed by atoms with Gasteiger partial charge in [-0.3, -0.25) is 14.6 Å². The number of rotatable bonds is 7. The maximum absolute atomic E-state index is 14.3. The van der Waals surface area contributed by atoms with E-state index in [1.165, 1.54) is 25.2 Å². The van der Waals surface area contributed by atoms with Crippen LogP contribution < -0.4 is 4.90 Å². The first-order valence-electron chi connectivity index (χ1n) is 8.10. The van der Waals surface area contributed by atoms with Crippen LogP contribution in [0.1, 0.15) is 0 Å². The van der Waals surface area contributed by atoms with Gasteiger partial charge in [-0.2, -0.15) is 0 Å². The van der Waals surface area contributed by atoms with E-state index in [2.05, 4.69) is 18.2 Å². The standard InChI is InChI=1S/C18H18Cl3FN4O2/c1-4-10-25(11-5-2)16(18(19,20)21)23-14-15(27)24(3)17(28)26(14)13-9-7-6-8-12(13)22/h4-9,16H,1-2,10-11H2,3H3/b23-14+. The first-order chi connectivity index (χ1) is 13.1. The zero-order valence-corrected chi connectivity index (χ0v) is 17.3. The predicted molar refractivity (Wildman–Crippen MR) is 111 cm³/mol. The van der Waals surface area contributed by atoms with Crippen molar-refractivity contribution < 1.29 is 14.0 Å². The Morgan fingerprint density at radius 1 is 1.21 bits per heavy atom. The molecule has 28 heavy (non-hydrogen) atoms. The number of para-hydroxylation sites is 1. The lowest BCUT2D eigenvalue weighted by Crippen LogP contribution is -2.45. The van der Waals surface area contributed by atoms with Gasteiger partial charge in [0.05, 0.1) is 5.69 Å². The van der Waals surface area contributed by atoms with E-state index in [-0.39, 0.29) is 24.6 Å². The number of carbonyl (C=O) groups excluding carboxylic acids is 2. The number of imide groups is 1. The molecule has 0 spiro atoms. The molecule has 6 nitrogen and oxygen atoms in total. The van der Waals surface area contributed by atoms with Gasteiger partial charge in [-0.1, -0.05) is 59.1 Å². The summed E-state index contributed by atoms with van der Waals surface area (Å²) >= 11 is 18.3. The minimum absolute atomic E-state index is 0.133. The van der Waals surface area contributed by atoms with Crippen LogP contribution in [-0.4, -0.2) is 57.7 Å². The van der Waals surface area contributed by atoms with E-state index in [0.29, 0.717) is 0 Å². The average Bonchev–Trinajstić information content (AvgIpc) is 2.83. The Bertz CT molecular complexity index is 815. The number of benzene rings is 1. The number of aliphatic imine (C=N–C) groups is 1. The Hall–Kier alpha value is -1.93. The molecule has 1 aliphatic heterocycles. The molecule has 1 unspecified atom stereocenters. The Morgan fingerprint density at radius 2 is 1.79 bits per heavy atom. The van der Waals surface area contributed by atoms with Gasteiger partial charge in [0.2, 0.25) is 9.63 Å². The third-order valence-corrected chi connectivity index (χ3v) is 4.48. The van der Waals surface area contributed by atoms with Crippen LogP contribution in [0.4, 0.5) is 14.9 Å². The number of amidine groups is 1. The Kier molecular flexibility index (Phi) is 7.22. The van der Waals surface area contributed by atoms with Gasteiger partial charge in [0.15, 0.2) is 6.17 Å². The molecule has 0 aromatic heterocycles. The molecule has 0 N–H and O–H groups in total. The third kappa shape index (κ3) is 4.55. The highest BCUT2D eigenvalue weighted by Crippen LogP contribution is 2.35. The first-order valence-corrected chi connectivity index (χ1v) is 9.23. The quantitative estimate of drug-likeness (QED) is 0.361. The van der Waals surface area contributed by atoms with Gasteiger partial charge in [-0.05, 0) is 12.1 Å². The predicted octanol–water partition coefficient (Wildman–Crippen LogP) is 3.99. The highest BCUT2D eigenvalue weighted by atomic mass is 35.6. The van der Waals surface area contributed by atoms with Crippen molar-refractivity contribution in [3.8, 4) is 0 Å². The van der Waals surface area contributed by atoms with Crippen molar-refractivity contribution >= 4 is 58.3 Å². The number of carbonyl (C=O) groups is 2. The van der Waals surface area contributed by atoms with Crippen LogP contribution in [0.2, 0.25) is 0 Å². The smallest absolute Gasteiger partial charge is 0.271 e. The molecule has 1 fully saturated rings. The van der Waals surface area contributed by atoms with Crippen molar-refractivity contribution in [2.75, 3.05) is 25.0 Å². The van der Waals surface area contributed by atoms with Gasteiger partial charge >= 0.3 is 6.03 Å². The van der Waals surface area contributed by atoms with E-state index >= 15 is 0 Å². The molecular weight excluding hydrogens is 430 g/mol. The minimum atomic E-state index is -1.95. The van der Waals surface area contributed by atoms with Gasteiger partial charge in [0.1, 0.15) is 5.82 Å². The summed E-state index contributed by atoms with van der Waals surface area (Å²) in [4.78, 5) is 32.7. The zero-order valence-electron chi connectivity index (χ0n) is 15.0. The summed E-state index contributed by atoms with van der Waals surface area (Å²) in [6.07, 6.45) is 1.96. The van der Waals surface area contributed by atoms with Gasteiger partial charge in [0.25, 0.3) is 5.91 Å². The largest absolute Gasteiger partial charge is 0.337 e.